The van der Waals surface area contributed by atoms with Crippen molar-refractivity contribution in [3.05, 3.63) is 62.8 Å². The predicted molar refractivity (Wildman–Crippen MR) is 82.9 cm³/mol. The van der Waals surface area contributed by atoms with Gasteiger partial charge in [0.05, 0.1) is 16.4 Å². The smallest absolute Gasteiger partial charge is 0.137 e. The van der Waals surface area contributed by atoms with Crippen LogP contribution in [0.15, 0.2) is 40.9 Å². The summed E-state index contributed by atoms with van der Waals surface area (Å²) in [6.07, 6.45) is 0. The van der Waals surface area contributed by atoms with E-state index in [9.17, 15) is 4.39 Å². The van der Waals surface area contributed by atoms with Crippen molar-refractivity contribution in [1.82, 2.24) is 0 Å². The van der Waals surface area contributed by atoms with Crippen LogP contribution >= 0.6 is 43.5 Å². The Bertz CT molecular complexity index is 604. The van der Waals surface area contributed by atoms with E-state index in [1.807, 2.05) is 18.2 Å². The first-order valence-corrected chi connectivity index (χ1v) is 7.54. The van der Waals surface area contributed by atoms with Gasteiger partial charge >= 0.3 is 0 Å². The van der Waals surface area contributed by atoms with Crippen LogP contribution in [0.3, 0.4) is 0 Å². The van der Waals surface area contributed by atoms with Gasteiger partial charge in [0.25, 0.3) is 0 Å². The summed E-state index contributed by atoms with van der Waals surface area (Å²) in [6.45, 7) is 0. The molecule has 1 atom stereocenters. The number of methoxy groups -OCH3 is 1. The molecule has 1 nitrogen and oxygen atoms in total. The summed E-state index contributed by atoms with van der Waals surface area (Å²) in [4.78, 5) is -0.173. The maximum Gasteiger partial charge on any atom is 0.137 e. The predicted octanol–water partition coefficient (Wildman–Crippen LogP) is 5.73. The van der Waals surface area contributed by atoms with Crippen LogP contribution in [-0.4, -0.2) is 7.11 Å². The first kappa shape index (κ1) is 14.8. The summed E-state index contributed by atoms with van der Waals surface area (Å²) in [5, 5.41) is 0.574. The lowest BCUT2D eigenvalue weighted by atomic mass is 10.0. The molecule has 0 N–H and O–H groups in total. The van der Waals surface area contributed by atoms with E-state index in [1.54, 1.807) is 19.2 Å². The zero-order valence-corrected chi connectivity index (χ0v) is 13.9. The van der Waals surface area contributed by atoms with Gasteiger partial charge in [0.2, 0.25) is 0 Å². The van der Waals surface area contributed by atoms with Crippen molar-refractivity contribution in [3.63, 3.8) is 0 Å². The molecule has 0 aliphatic heterocycles. The summed E-state index contributed by atoms with van der Waals surface area (Å²) in [5.74, 6) is 0.391. The molecule has 0 saturated carbocycles. The van der Waals surface area contributed by atoms with Crippen molar-refractivity contribution in [2.45, 2.75) is 4.83 Å². The Kier molecular flexibility index (Phi) is 4.87. The largest absolute Gasteiger partial charge is 0.497 e. The van der Waals surface area contributed by atoms with Gasteiger partial charge < -0.3 is 4.74 Å². The number of alkyl halides is 1. The summed E-state index contributed by atoms with van der Waals surface area (Å²) < 4.78 is 19.1. The molecule has 0 heterocycles. The third-order valence-electron chi connectivity index (χ3n) is 2.72. The highest BCUT2D eigenvalue weighted by atomic mass is 79.9. The molecule has 2 aromatic rings. The average Bonchev–Trinajstić information content (AvgIpc) is 2.41. The topological polar surface area (TPSA) is 9.23 Å². The number of hydrogen-bond donors (Lipinski definition) is 0. The molecule has 0 bridgehead atoms. The molecule has 0 aliphatic carbocycles. The molecule has 0 aliphatic rings. The Hall–Kier alpha value is -0.580. The van der Waals surface area contributed by atoms with Crippen LogP contribution in [0, 0.1) is 5.82 Å². The highest BCUT2D eigenvalue weighted by molar-refractivity contribution is 9.10. The van der Waals surface area contributed by atoms with E-state index in [0.717, 1.165) is 11.1 Å². The van der Waals surface area contributed by atoms with Gasteiger partial charge in [-0.25, -0.2) is 4.39 Å². The van der Waals surface area contributed by atoms with Crippen LogP contribution in [0.25, 0.3) is 0 Å². The van der Waals surface area contributed by atoms with E-state index in [2.05, 4.69) is 31.9 Å². The summed E-state index contributed by atoms with van der Waals surface area (Å²) in [5.41, 5.74) is 1.66. The number of halogens is 4. The van der Waals surface area contributed by atoms with Crippen LogP contribution in [0.2, 0.25) is 5.02 Å². The van der Waals surface area contributed by atoms with Crippen molar-refractivity contribution in [2.24, 2.45) is 0 Å². The maximum absolute atomic E-state index is 13.6. The van der Waals surface area contributed by atoms with Crippen molar-refractivity contribution in [3.8, 4) is 5.75 Å². The average molecular weight is 408 g/mol. The third-order valence-corrected chi connectivity index (χ3v) is 4.71. The molecule has 0 fully saturated rings. The van der Waals surface area contributed by atoms with E-state index in [4.69, 9.17) is 16.3 Å². The van der Waals surface area contributed by atoms with Crippen molar-refractivity contribution in [1.29, 1.82) is 0 Å². The van der Waals surface area contributed by atoms with E-state index >= 15 is 0 Å². The normalized spacial score (nSPS) is 12.3. The van der Waals surface area contributed by atoms with E-state index in [1.165, 1.54) is 6.07 Å². The molecular weight excluding hydrogens is 398 g/mol. The SMILES string of the molecule is COc1ccc(C(Br)c2ccc(Br)c(F)c2)c(Cl)c1. The zero-order chi connectivity index (χ0) is 14.0. The first-order valence-electron chi connectivity index (χ1n) is 5.45. The van der Waals surface area contributed by atoms with Crippen LogP contribution in [0.5, 0.6) is 5.75 Å². The highest BCUT2D eigenvalue weighted by Crippen LogP contribution is 2.37. The molecule has 0 spiro atoms. The van der Waals surface area contributed by atoms with Crippen LogP contribution in [0.4, 0.5) is 4.39 Å². The second-order valence-corrected chi connectivity index (χ2v) is 6.10. The summed E-state index contributed by atoms with van der Waals surface area (Å²) in [6, 6.07) is 10.4. The molecular formula is C14H10Br2ClFO. The fraction of sp³-hybridized carbons (Fsp3) is 0.143. The van der Waals surface area contributed by atoms with Gasteiger partial charge in [0, 0.05) is 5.02 Å². The molecule has 2 rings (SSSR count). The monoisotopic (exact) mass is 406 g/mol. The second kappa shape index (κ2) is 6.25. The molecule has 0 amide bonds. The van der Waals surface area contributed by atoms with Gasteiger partial charge in [-0.2, -0.15) is 0 Å². The second-order valence-electron chi connectivity index (χ2n) is 3.92. The van der Waals surface area contributed by atoms with Crippen molar-refractivity contribution >= 4 is 43.5 Å². The Balaban J connectivity index is 2.38. The molecule has 0 aromatic heterocycles. The minimum atomic E-state index is -0.299. The lowest BCUT2D eigenvalue weighted by Crippen LogP contribution is -1.96. The van der Waals surface area contributed by atoms with Crippen LogP contribution < -0.4 is 4.74 Å². The standard InChI is InChI=1S/C14H10Br2ClFO/c1-19-9-3-4-10(12(17)7-9)14(16)8-2-5-11(15)13(18)6-8/h2-7,14H,1H3. The highest BCUT2D eigenvalue weighted by Gasteiger charge is 2.15. The Morgan fingerprint density at radius 3 is 2.53 bits per heavy atom. The Morgan fingerprint density at radius 1 is 1.21 bits per heavy atom. The Labute approximate surface area is 133 Å². The zero-order valence-electron chi connectivity index (χ0n) is 9.96. The van der Waals surface area contributed by atoms with Gasteiger partial charge in [-0.15, -0.1) is 0 Å². The van der Waals surface area contributed by atoms with Crippen LogP contribution in [0.1, 0.15) is 16.0 Å². The van der Waals surface area contributed by atoms with Gasteiger partial charge in [0.1, 0.15) is 11.6 Å². The van der Waals surface area contributed by atoms with Gasteiger partial charge in [-0.3, -0.25) is 0 Å². The molecule has 100 valence electrons. The van der Waals surface area contributed by atoms with Crippen molar-refractivity contribution < 1.29 is 9.13 Å². The lowest BCUT2D eigenvalue weighted by Gasteiger charge is -2.14. The van der Waals surface area contributed by atoms with Gasteiger partial charge in [-0.05, 0) is 51.3 Å². The van der Waals surface area contributed by atoms with E-state index in [-0.39, 0.29) is 10.6 Å². The molecule has 0 saturated heterocycles. The maximum atomic E-state index is 13.6. The van der Waals surface area contributed by atoms with Crippen molar-refractivity contribution in [2.75, 3.05) is 7.11 Å². The summed E-state index contributed by atoms with van der Waals surface area (Å²) >= 11 is 12.9. The van der Waals surface area contributed by atoms with Crippen LogP contribution in [-0.2, 0) is 0 Å². The molecule has 19 heavy (non-hydrogen) atoms. The fourth-order valence-corrected chi connectivity index (χ4v) is 3.03. The number of rotatable bonds is 3. The molecule has 1 unspecified atom stereocenters. The minimum absolute atomic E-state index is 0.173. The fourth-order valence-electron chi connectivity index (χ4n) is 1.69. The number of hydrogen-bond acceptors (Lipinski definition) is 1. The van der Waals surface area contributed by atoms with E-state index < -0.39 is 0 Å². The lowest BCUT2D eigenvalue weighted by molar-refractivity contribution is 0.414. The van der Waals surface area contributed by atoms with Gasteiger partial charge in [0.15, 0.2) is 0 Å². The first-order chi connectivity index (χ1) is 9.02. The minimum Gasteiger partial charge on any atom is -0.497 e. The third kappa shape index (κ3) is 3.30. The van der Waals surface area contributed by atoms with E-state index in [0.29, 0.717) is 15.2 Å². The molecule has 5 heteroatoms. The Morgan fingerprint density at radius 2 is 1.95 bits per heavy atom. The quantitative estimate of drug-likeness (QED) is 0.589. The molecule has 2 aromatic carbocycles. The van der Waals surface area contributed by atoms with Gasteiger partial charge in [-0.1, -0.05) is 39.7 Å². The molecule has 0 radical (unpaired) electrons. The number of ether oxygens (including phenoxy) is 1. The number of benzene rings is 2. The summed E-state index contributed by atoms with van der Waals surface area (Å²) in [7, 11) is 1.58.